The van der Waals surface area contributed by atoms with Gasteiger partial charge in [-0.2, -0.15) is 5.26 Å². The summed E-state index contributed by atoms with van der Waals surface area (Å²) in [5.41, 5.74) is 5.68. The summed E-state index contributed by atoms with van der Waals surface area (Å²) in [6, 6.07) is 18.2. The molecule has 38 heavy (non-hydrogen) atoms. The summed E-state index contributed by atoms with van der Waals surface area (Å²) < 4.78 is 1.76. The normalized spacial score (nSPS) is 14.2. The molecule has 10 nitrogen and oxygen atoms in total. The highest BCUT2D eigenvalue weighted by Crippen LogP contribution is 2.18. The molecule has 1 aliphatic heterocycles. The van der Waals surface area contributed by atoms with Crippen molar-refractivity contribution in [1.29, 1.82) is 5.26 Å². The number of nitrogens with one attached hydrogen (secondary N) is 1. The fourth-order valence-electron chi connectivity index (χ4n) is 3.77. The smallest absolute Gasteiger partial charge is 0.255 e. The zero-order chi connectivity index (χ0) is 26.3. The minimum absolute atomic E-state index is 0.0966. The first-order valence-electron chi connectivity index (χ1n) is 11.6. The average molecular weight is 521 g/mol. The molecule has 1 aliphatic rings. The molecule has 2 aromatic carbocycles. The van der Waals surface area contributed by atoms with Gasteiger partial charge in [0.25, 0.3) is 11.7 Å². The number of hydrogen-bond acceptors (Lipinski definition) is 9. The summed E-state index contributed by atoms with van der Waals surface area (Å²) in [4.78, 5) is 35.9. The molecule has 6 rings (SSSR count). The molecule has 0 saturated carbocycles. The molecule has 0 spiro atoms. The Hall–Kier alpha value is -4.95. The Labute approximate surface area is 221 Å². The number of rotatable bonds is 5. The molecule has 3 aromatic heterocycles. The van der Waals surface area contributed by atoms with Crippen LogP contribution in [-0.4, -0.2) is 47.2 Å². The molecule has 186 valence electrons. The number of hydrogen-bond donors (Lipinski definition) is 1. The van der Waals surface area contributed by atoms with E-state index in [1.165, 1.54) is 0 Å². The minimum Gasteiger partial charge on any atom is -0.348 e. The van der Waals surface area contributed by atoms with Crippen molar-refractivity contribution in [3.63, 3.8) is 0 Å². The Balaban J connectivity index is 0.000000170. The summed E-state index contributed by atoms with van der Waals surface area (Å²) in [5, 5.41) is 20.3. The van der Waals surface area contributed by atoms with E-state index < -0.39 is 0 Å². The summed E-state index contributed by atoms with van der Waals surface area (Å²) in [5.74, 6) is 0.369. The van der Waals surface area contributed by atoms with Crippen molar-refractivity contribution in [2.24, 2.45) is 4.99 Å². The molecule has 0 saturated heterocycles. The van der Waals surface area contributed by atoms with Crippen LogP contribution >= 0.6 is 11.8 Å². The second kappa shape index (κ2) is 11.4. The van der Waals surface area contributed by atoms with Crippen LogP contribution in [-0.2, 0) is 17.8 Å². The number of thioether (sulfide) groups is 1. The number of fused-ring (bicyclic) bond motifs is 3. The Kier molecular flexibility index (Phi) is 7.42. The van der Waals surface area contributed by atoms with Crippen LogP contribution in [0.4, 0.5) is 0 Å². The molecule has 0 aliphatic carbocycles. The van der Waals surface area contributed by atoms with Gasteiger partial charge in [-0.25, -0.2) is 4.98 Å². The van der Waals surface area contributed by atoms with E-state index in [4.69, 9.17) is 5.26 Å². The topological polar surface area (TPSA) is 138 Å². The van der Waals surface area contributed by atoms with Crippen molar-refractivity contribution in [3.8, 4) is 6.07 Å². The van der Waals surface area contributed by atoms with E-state index in [9.17, 15) is 9.59 Å². The highest BCUT2D eigenvalue weighted by molar-refractivity contribution is 8.25. The molecule has 0 bridgehead atoms. The van der Waals surface area contributed by atoms with E-state index in [-0.39, 0.29) is 17.1 Å². The van der Waals surface area contributed by atoms with Crippen molar-refractivity contribution in [1.82, 2.24) is 29.9 Å². The molecule has 0 fully saturated rings. The first-order chi connectivity index (χ1) is 18.6. The van der Waals surface area contributed by atoms with Gasteiger partial charge in [0, 0.05) is 42.5 Å². The second-order valence-electron chi connectivity index (χ2n) is 8.29. The number of amides is 1. The molecule has 11 heteroatoms. The quantitative estimate of drug-likeness (QED) is 0.372. The molecule has 4 heterocycles. The van der Waals surface area contributed by atoms with Gasteiger partial charge in [0.2, 0.25) is 5.12 Å². The van der Waals surface area contributed by atoms with Gasteiger partial charge in [-0.05, 0) is 59.3 Å². The maximum Gasteiger partial charge on any atom is 0.255 e. The van der Waals surface area contributed by atoms with Crippen molar-refractivity contribution in [2.75, 3.05) is 0 Å². The highest BCUT2D eigenvalue weighted by Gasteiger charge is 2.21. The third kappa shape index (κ3) is 5.71. The molecule has 5 aromatic rings. The van der Waals surface area contributed by atoms with Gasteiger partial charge in [-0.3, -0.25) is 24.0 Å². The average Bonchev–Trinajstić information content (AvgIpc) is 3.62. The fraction of sp³-hybridized carbons (Fsp3) is 0.111. The standard InChI is InChI=1S/C16H12N6O.C11H8N2OS/c23-15(18-8-11-3-5-17-6-4-11)12-1-2-13-9-19-16-21-20-10-22(16)14(13)7-12;12-6-9-3-1-8(2-4-9)5-10-11(14)15-7-13-10/h1-7,9-10H,8H2,(H,18,23);1-4,7,10H,5H2. The van der Waals surface area contributed by atoms with E-state index in [0.29, 0.717) is 29.9 Å². The van der Waals surface area contributed by atoms with Gasteiger partial charge in [0.1, 0.15) is 12.4 Å². The van der Waals surface area contributed by atoms with Crippen molar-refractivity contribution >= 4 is 45.0 Å². The summed E-state index contributed by atoms with van der Waals surface area (Å²) in [6.07, 6.45) is 7.33. The molecular weight excluding hydrogens is 500 g/mol. The molecule has 1 N–H and O–H groups in total. The maximum atomic E-state index is 12.4. The van der Waals surface area contributed by atoms with Crippen LogP contribution in [0.25, 0.3) is 16.7 Å². The van der Waals surface area contributed by atoms with Gasteiger partial charge in [-0.1, -0.05) is 18.2 Å². The summed E-state index contributed by atoms with van der Waals surface area (Å²) in [7, 11) is 0. The van der Waals surface area contributed by atoms with Crippen LogP contribution in [0.1, 0.15) is 27.0 Å². The van der Waals surface area contributed by atoms with Crippen LogP contribution in [0.15, 0.2) is 84.5 Å². The van der Waals surface area contributed by atoms with E-state index >= 15 is 0 Å². The number of carbonyl (C=O) groups is 2. The number of aliphatic imine (C=N–C) groups is 1. The zero-order valence-electron chi connectivity index (χ0n) is 19.9. The summed E-state index contributed by atoms with van der Waals surface area (Å²) >= 11 is 1.15. The maximum absolute atomic E-state index is 12.4. The third-order valence-electron chi connectivity index (χ3n) is 5.80. The Morgan fingerprint density at radius 3 is 2.63 bits per heavy atom. The predicted octanol–water partition coefficient (Wildman–Crippen LogP) is 3.37. The Bertz CT molecular complexity index is 1680. The Morgan fingerprint density at radius 2 is 1.89 bits per heavy atom. The van der Waals surface area contributed by atoms with Gasteiger partial charge in [-0.15, -0.1) is 10.2 Å². The largest absolute Gasteiger partial charge is 0.348 e. The van der Waals surface area contributed by atoms with E-state index in [2.05, 4.69) is 36.5 Å². The zero-order valence-corrected chi connectivity index (χ0v) is 20.7. The lowest BCUT2D eigenvalue weighted by Gasteiger charge is -2.07. The lowest BCUT2D eigenvalue weighted by molar-refractivity contribution is -0.111. The van der Waals surface area contributed by atoms with Crippen LogP contribution < -0.4 is 5.32 Å². The van der Waals surface area contributed by atoms with Crippen LogP contribution in [0.5, 0.6) is 0 Å². The number of pyridine rings is 1. The van der Waals surface area contributed by atoms with Gasteiger partial charge in [0.05, 0.1) is 22.7 Å². The first-order valence-corrected chi connectivity index (χ1v) is 12.5. The molecular formula is C27H20N8O2S. The number of carbonyl (C=O) groups excluding carboxylic acids is 2. The summed E-state index contributed by atoms with van der Waals surface area (Å²) in [6.45, 7) is 0.456. The Morgan fingerprint density at radius 1 is 1.08 bits per heavy atom. The number of nitrogens with zero attached hydrogens (tertiary/aromatic N) is 7. The second-order valence-corrected chi connectivity index (χ2v) is 9.14. The fourth-order valence-corrected chi connectivity index (χ4v) is 4.38. The predicted molar refractivity (Wildman–Crippen MR) is 143 cm³/mol. The van der Waals surface area contributed by atoms with Crippen molar-refractivity contribution < 1.29 is 9.59 Å². The molecule has 1 unspecified atom stereocenters. The molecule has 1 amide bonds. The van der Waals surface area contributed by atoms with Crippen LogP contribution in [0, 0.1) is 11.3 Å². The third-order valence-corrected chi connectivity index (χ3v) is 6.53. The van der Waals surface area contributed by atoms with Gasteiger partial charge >= 0.3 is 0 Å². The van der Waals surface area contributed by atoms with E-state index in [1.54, 1.807) is 53.1 Å². The van der Waals surface area contributed by atoms with Gasteiger partial charge < -0.3 is 5.32 Å². The van der Waals surface area contributed by atoms with Gasteiger partial charge in [0.15, 0.2) is 0 Å². The molecule has 1 atom stereocenters. The first kappa shape index (κ1) is 24.7. The highest BCUT2D eigenvalue weighted by atomic mass is 32.2. The minimum atomic E-state index is -0.247. The molecule has 0 radical (unpaired) electrons. The van der Waals surface area contributed by atoms with Crippen molar-refractivity contribution in [3.05, 3.63) is 102 Å². The van der Waals surface area contributed by atoms with Crippen molar-refractivity contribution in [2.45, 2.75) is 19.0 Å². The SMILES string of the molecule is N#Cc1ccc(CC2N=CSC2=O)cc1.O=C(NCc1ccncc1)c1ccc2cnc3nncn3c2c1. The van der Waals surface area contributed by atoms with Crippen LogP contribution in [0.2, 0.25) is 0 Å². The van der Waals surface area contributed by atoms with E-state index in [1.807, 2.05) is 36.4 Å². The van der Waals surface area contributed by atoms with E-state index in [0.717, 1.165) is 33.8 Å². The number of nitriles is 1. The monoisotopic (exact) mass is 520 g/mol. The number of benzene rings is 2. The number of aromatic nitrogens is 5. The lowest BCUT2D eigenvalue weighted by Crippen LogP contribution is -2.22. The van der Waals surface area contributed by atoms with Crippen LogP contribution in [0.3, 0.4) is 0 Å². The lowest BCUT2D eigenvalue weighted by atomic mass is 10.1.